The van der Waals surface area contributed by atoms with Crippen molar-refractivity contribution in [2.75, 3.05) is 7.05 Å². The number of hydrogen-bond donors (Lipinski definition) is 1. The van der Waals surface area contributed by atoms with Crippen LogP contribution in [-0.2, 0) is 13.5 Å². The third kappa shape index (κ3) is 2.64. The van der Waals surface area contributed by atoms with Gasteiger partial charge in [0.2, 0.25) is 0 Å². The van der Waals surface area contributed by atoms with E-state index in [-0.39, 0.29) is 6.04 Å². The predicted octanol–water partition coefficient (Wildman–Crippen LogP) is 2.17. The first kappa shape index (κ1) is 13.7. The quantitative estimate of drug-likeness (QED) is 0.796. The van der Waals surface area contributed by atoms with Crippen LogP contribution in [0.5, 0.6) is 0 Å². The van der Waals surface area contributed by atoms with Crippen LogP contribution in [0.1, 0.15) is 23.1 Å². The summed E-state index contributed by atoms with van der Waals surface area (Å²) in [7, 11) is 3.90. The summed E-state index contributed by atoms with van der Waals surface area (Å²) in [6, 6.07) is 8.34. The Bertz CT molecular complexity index is 745. The second-order valence-electron chi connectivity index (χ2n) is 5.25. The summed E-state index contributed by atoms with van der Waals surface area (Å²) in [5.74, 6) is 0.804. The molecule has 5 heteroatoms. The fraction of sp³-hybridized carbons (Fsp3) is 0.312. The molecule has 0 bridgehead atoms. The SMILES string of the molecule is CNC(Cc1nn(C)c2ccccc12)c1ncc(C)cn1. The lowest BCUT2D eigenvalue weighted by Crippen LogP contribution is -2.21. The summed E-state index contributed by atoms with van der Waals surface area (Å²) in [5, 5.41) is 9.12. The molecule has 108 valence electrons. The molecule has 3 aromatic rings. The minimum absolute atomic E-state index is 0.0592. The molecule has 0 spiro atoms. The van der Waals surface area contributed by atoms with Crippen molar-refractivity contribution in [3.8, 4) is 0 Å². The molecule has 0 aliphatic rings. The van der Waals surface area contributed by atoms with Gasteiger partial charge in [-0.05, 0) is 25.6 Å². The lowest BCUT2D eigenvalue weighted by atomic mass is 10.1. The molecule has 2 aromatic heterocycles. The number of aryl methyl sites for hydroxylation is 2. The van der Waals surface area contributed by atoms with E-state index in [1.54, 1.807) is 0 Å². The summed E-state index contributed by atoms with van der Waals surface area (Å²) in [4.78, 5) is 8.85. The van der Waals surface area contributed by atoms with Crippen molar-refractivity contribution in [2.24, 2.45) is 7.05 Å². The van der Waals surface area contributed by atoms with Crippen LogP contribution < -0.4 is 5.32 Å². The topological polar surface area (TPSA) is 55.6 Å². The van der Waals surface area contributed by atoms with E-state index in [1.807, 2.05) is 50.2 Å². The lowest BCUT2D eigenvalue weighted by Gasteiger charge is -2.13. The second kappa shape index (κ2) is 5.61. The molecule has 0 fully saturated rings. The molecule has 0 aliphatic carbocycles. The number of nitrogens with one attached hydrogen (secondary N) is 1. The number of benzene rings is 1. The molecule has 1 unspecified atom stereocenters. The number of fused-ring (bicyclic) bond motifs is 1. The second-order valence-corrected chi connectivity index (χ2v) is 5.25. The molecule has 3 rings (SSSR count). The zero-order chi connectivity index (χ0) is 14.8. The van der Waals surface area contributed by atoms with Crippen LogP contribution in [0.25, 0.3) is 10.9 Å². The van der Waals surface area contributed by atoms with Crippen molar-refractivity contribution < 1.29 is 0 Å². The first-order valence-electron chi connectivity index (χ1n) is 7.05. The van der Waals surface area contributed by atoms with E-state index >= 15 is 0 Å². The first-order valence-corrected chi connectivity index (χ1v) is 7.05. The molecule has 5 nitrogen and oxygen atoms in total. The minimum Gasteiger partial charge on any atom is -0.310 e. The maximum atomic E-state index is 4.64. The lowest BCUT2D eigenvalue weighted by molar-refractivity contribution is 0.547. The summed E-state index contributed by atoms with van der Waals surface area (Å²) in [6.07, 6.45) is 4.47. The number of para-hydroxylation sites is 1. The summed E-state index contributed by atoms with van der Waals surface area (Å²) in [5.41, 5.74) is 3.28. The van der Waals surface area contributed by atoms with Crippen LogP contribution in [0.3, 0.4) is 0 Å². The largest absolute Gasteiger partial charge is 0.310 e. The Labute approximate surface area is 124 Å². The number of hydrogen-bond acceptors (Lipinski definition) is 4. The van der Waals surface area contributed by atoms with Crippen LogP contribution in [-0.4, -0.2) is 26.8 Å². The van der Waals surface area contributed by atoms with E-state index in [9.17, 15) is 0 Å². The van der Waals surface area contributed by atoms with Crippen molar-refractivity contribution in [1.29, 1.82) is 0 Å². The molecule has 1 N–H and O–H groups in total. The zero-order valence-corrected chi connectivity index (χ0v) is 12.5. The molecular weight excluding hydrogens is 262 g/mol. The van der Waals surface area contributed by atoms with Crippen LogP contribution in [0.15, 0.2) is 36.7 Å². The first-order chi connectivity index (χ1) is 10.2. The molecule has 0 saturated heterocycles. The molecule has 21 heavy (non-hydrogen) atoms. The number of nitrogens with zero attached hydrogens (tertiary/aromatic N) is 4. The van der Waals surface area contributed by atoms with E-state index < -0.39 is 0 Å². The van der Waals surface area contributed by atoms with E-state index in [0.717, 1.165) is 29.0 Å². The average molecular weight is 281 g/mol. The van der Waals surface area contributed by atoms with Crippen LogP contribution in [0.2, 0.25) is 0 Å². The smallest absolute Gasteiger partial charge is 0.145 e. The Morgan fingerprint density at radius 1 is 1.19 bits per heavy atom. The fourth-order valence-electron chi connectivity index (χ4n) is 2.54. The van der Waals surface area contributed by atoms with Crippen molar-refractivity contribution in [3.05, 3.63) is 53.7 Å². The minimum atomic E-state index is 0.0592. The highest BCUT2D eigenvalue weighted by Crippen LogP contribution is 2.22. The predicted molar refractivity (Wildman–Crippen MR) is 83.0 cm³/mol. The van der Waals surface area contributed by atoms with Crippen molar-refractivity contribution in [1.82, 2.24) is 25.1 Å². The van der Waals surface area contributed by atoms with Gasteiger partial charge in [0.25, 0.3) is 0 Å². The van der Waals surface area contributed by atoms with Gasteiger partial charge in [-0.15, -0.1) is 0 Å². The summed E-state index contributed by atoms with van der Waals surface area (Å²) >= 11 is 0. The van der Waals surface area contributed by atoms with Gasteiger partial charge in [-0.3, -0.25) is 4.68 Å². The Hall–Kier alpha value is -2.27. The molecule has 2 heterocycles. The molecule has 0 radical (unpaired) electrons. The van der Waals surface area contributed by atoms with Gasteiger partial charge < -0.3 is 5.32 Å². The summed E-state index contributed by atoms with van der Waals surface area (Å²) in [6.45, 7) is 1.99. The Kier molecular flexibility index (Phi) is 3.66. The molecule has 1 atom stereocenters. The Morgan fingerprint density at radius 2 is 1.90 bits per heavy atom. The van der Waals surface area contributed by atoms with Gasteiger partial charge in [-0.2, -0.15) is 5.10 Å². The van der Waals surface area contributed by atoms with E-state index in [0.29, 0.717) is 0 Å². The van der Waals surface area contributed by atoms with Gasteiger partial charge in [-0.25, -0.2) is 9.97 Å². The van der Waals surface area contributed by atoms with Crippen LogP contribution >= 0.6 is 0 Å². The Balaban J connectivity index is 1.94. The van der Waals surface area contributed by atoms with Gasteiger partial charge in [-0.1, -0.05) is 18.2 Å². The highest BCUT2D eigenvalue weighted by atomic mass is 15.3. The molecule has 0 aliphatic heterocycles. The number of rotatable bonds is 4. The van der Waals surface area contributed by atoms with Crippen LogP contribution in [0, 0.1) is 6.92 Å². The standard InChI is InChI=1S/C16H19N5/c1-11-9-18-16(19-10-11)14(17-2)8-13-12-6-4-5-7-15(12)21(3)20-13/h4-7,9-10,14,17H,8H2,1-3H3. The highest BCUT2D eigenvalue weighted by Gasteiger charge is 2.17. The normalized spacial score (nSPS) is 12.7. The van der Waals surface area contributed by atoms with Gasteiger partial charge in [0.1, 0.15) is 5.82 Å². The van der Waals surface area contributed by atoms with Gasteiger partial charge >= 0.3 is 0 Å². The molecule has 0 amide bonds. The Morgan fingerprint density at radius 3 is 2.62 bits per heavy atom. The van der Waals surface area contributed by atoms with E-state index in [2.05, 4.69) is 32.5 Å². The van der Waals surface area contributed by atoms with Gasteiger partial charge in [0.15, 0.2) is 0 Å². The summed E-state index contributed by atoms with van der Waals surface area (Å²) < 4.78 is 1.92. The number of likely N-dealkylation sites (N-methyl/N-ethyl adjacent to an activating group) is 1. The van der Waals surface area contributed by atoms with Crippen molar-refractivity contribution >= 4 is 10.9 Å². The molecule has 1 aromatic carbocycles. The monoisotopic (exact) mass is 281 g/mol. The molecule has 0 saturated carbocycles. The maximum absolute atomic E-state index is 4.64. The van der Waals surface area contributed by atoms with Gasteiger partial charge in [0.05, 0.1) is 17.3 Å². The van der Waals surface area contributed by atoms with Crippen molar-refractivity contribution in [3.63, 3.8) is 0 Å². The van der Waals surface area contributed by atoms with Crippen LogP contribution in [0.4, 0.5) is 0 Å². The third-order valence-electron chi connectivity index (χ3n) is 3.69. The maximum Gasteiger partial charge on any atom is 0.145 e. The average Bonchev–Trinajstić information content (AvgIpc) is 2.83. The molecular formula is C16H19N5. The zero-order valence-electron chi connectivity index (χ0n) is 12.5. The highest BCUT2D eigenvalue weighted by molar-refractivity contribution is 5.81. The van der Waals surface area contributed by atoms with E-state index in [4.69, 9.17) is 0 Å². The van der Waals surface area contributed by atoms with Crippen molar-refractivity contribution in [2.45, 2.75) is 19.4 Å². The number of aromatic nitrogens is 4. The third-order valence-corrected chi connectivity index (χ3v) is 3.69. The van der Waals surface area contributed by atoms with E-state index in [1.165, 1.54) is 5.39 Å². The van der Waals surface area contributed by atoms with Gasteiger partial charge in [0, 0.05) is 31.2 Å². The fourth-order valence-corrected chi connectivity index (χ4v) is 2.54.